The molecule has 4 nitrogen and oxygen atoms in total. The maximum Gasteiger partial charge on any atom is 0.271 e. The molecule has 0 spiro atoms. The average Bonchev–Trinajstić information content (AvgIpc) is 3.05. The van der Waals surface area contributed by atoms with Crippen LogP contribution >= 0.6 is 15.9 Å². The number of amides is 1. The molecule has 3 rings (SSSR count). The fraction of sp³-hybridized carbons (Fsp3) is 0. The molecule has 1 N–H and O–H groups in total. The molecular formula is C18H14BrN3O. The predicted molar refractivity (Wildman–Crippen MR) is 95.0 cm³/mol. The molecule has 0 aliphatic heterocycles. The summed E-state index contributed by atoms with van der Waals surface area (Å²) >= 11 is 3.34. The molecule has 0 radical (unpaired) electrons. The number of para-hydroxylation sites is 1. The minimum absolute atomic E-state index is 0.244. The Balaban J connectivity index is 1.71. The van der Waals surface area contributed by atoms with Crippen molar-refractivity contribution in [3.63, 3.8) is 0 Å². The van der Waals surface area contributed by atoms with Crippen LogP contribution in [0.3, 0.4) is 0 Å². The topological polar surface area (TPSA) is 46.4 Å². The van der Waals surface area contributed by atoms with Crippen molar-refractivity contribution in [2.24, 2.45) is 5.10 Å². The van der Waals surface area contributed by atoms with Crippen LogP contribution in [0.15, 0.2) is 82.5 Å². The van der Waals surface area contributed by atoms with E-state index in [4.69, 9.17) is 0 Å². The normalized spacial score (nSPS) is 10.8. The Morgan fingerprint density at radius 2 is 1.74 bits per heavy atom. The summed E-state index contributed by atoms with van der Waals surface area (Å²) in [5.74, 6) is -0.244. The fourth-order valence-corrected chi connectivity index (χ4v) is 2.41. The van der Waals surface area contributed by atoms with Gasteiger partial charge >= 0.3 is 0 Å². The summed E-state index contributed by atoms with van der Waals surface area (Å²) in [6.45, 7) is 0. The molecular weight excluding hydrogens is 354 g/mol. The Labute approximate surface area is 142 Å². The zero-order valence-electron chi connectivity index (χ0n) is 12.2. The lowest BCUT2D eigenvalue weighted by Gasteiger charge is -2.05. The van der Waals surface area contributed by atoms with Gasteiger partial charge in [-0.3, -0.25) is 4.79 Å². The summed E-state index contributed by atoms with van der Waals surface area (Å²) < 4.78 is 2.92. The van der Waals surface area contributed by atoms with E-state index in [-0.39, 0.29) is 5.91 Å². The van der Waals surface area contributed by atoms with Gasteiger partial charge in [-0.1, -0.05) is 34.1 Å². The summed E-state index contributed by atoms with van der Waals surface area (Å²) in [7, 11) is 0. The Morgan fingerprint density at radius 3 is 2.48 bits per heavy atom. The lowest BCUT2D eigenvalue weighted by atomic mass is 10.2. The van der Waals surface area contributed by atoms with Crippen LogP contribution in [0.1, 0.15) is 16.1 Å². The van der Waals surface area contributed by atoms with E-state index in [1.54, 1.807) is 18.3 Å². The molecule has 5 heteroatoms. The van der Waals surface area contributed by atoms with Crippen molar-refractivity contribution in [1.82, 2.24) is 9.99 Å². The lowest BCUT2D eigenvalue weighted by Crippen LogP contribution is -2.17. The molecule has 114 valence electrons. The van der Waals surface area contributed by atoms with Gasteiger partial charge in [0.15, 0.2) is 0 Å². The standard InChI is InChI=1S/C18H14BrN3O/c19-15-10-8-14(9-11-15)18(23)21-20-13-17-7-4-12-22(17)16-5-2-1-3-6-16/h1-13H,(H,21,23). The number of halogens is 1. The number of nitrogens with one attached hydrogen (secondary N) is 1. The number of carbonyl (C=O) groups is 1. The number of benzene rings is 2. The minimum atomic E-state index is -0.244. The maximum absolute atomic E-state index is 12.0. The van der Waals surface area contributed by atoms with Gasteiger partial charge in [-0.15, -0.1) is 0 Å². The molecule has 3 aromatic rings. The number of rotatable bonds is 4. The monoisotopic (exact) mass is 367 g/mol. The molecule has 1 aromatic heterocycles. The van der Waals surface area contributed by atoms with Gasteiger partial charge in [0, 0.05) is 21.9 Å². The van der Waals surface area contributed by atoms with Crippen molar-refractivity contribution in [2.75, 3.05) is 0 Å². The van der Waals surface area contributed by atoms with E-state index >= 15 is 0 Å². The highest BCUT2D eigenvalue weighted by atomic mass is 79.9. The molecule has 0 aliphatic carbocycles. The van der Waals surface area contributed by atoms with Gasteiger partial charge in [0.05, 0.1) is 11.9 Å². The van der Waals surface area contributed by atoms with Gasteiger partial charge in [0.2, 0.25) is 0 Å². The number of hydrogen-bond donors (Lipinski definition) is 1. The van der Waals surface area contributed by atoms with Gasteiger partial charge < -0.3 is 4.57 Å². The first kappa shape index (κ1) is 15.2. The quantitative estimate of drug-likeness (QED) is 0.549. The molecule has 0 bridgehead atoms. The molecule has 0 unspecified atom stereocenters. The molecule has 1 amide bonds. The molecule has 2 aromatic carbocycles. The van der Waals surface area contributed by atoms with E-state index in [2.05, 4.69) is 26.5 Å². The molecule has 0 fully saturated rings. The Hall–Kier alpha value is -2.66. The smallest absolute Gasteiger partial charge is 0.271 e. The zero-order valence-corrected chi connectivity index (χ0v) is 13.8. The first-order chi connectivity index (χ1) is 11.2. The number of hydrazone groups is 1. The van der Waals surface area contributed by atoms with Crippen LogP contribution in [0.2, 0.25) is 0 Å². The van der Waals surface area contributed by atoms with Crippen LogP contribution in [0.25, 0.3) is 5.69 Å². The van der Waals surface area contributed by atoms with Crippen LogP contribution < -0.4 is 5.43 Å². The molecule has 0 saturated heterocycles. The van der Waals surface area contributed by atoms with E-state index in [1.165, 1.54) is 0 Å². The maximum atomic E-state index is 12.0. The average molecular weight is 368 g/mol. The predicted octanol–water partition coefficient (Wildman–Crippen LogP) is 4.00. The molecule has 0 saturated carbocycles. The third-order valence-electron chi connectivity index (χ3n) is 3.28. The largest absolute Gasteiger partial charge is 0.316 e. The summed E-state index contributed by atoms with van der Waals surface area (Å²) in [5.41, 5.74) is 5.02. The number of nitrogens with zero attached hydrogens (tertiary/aromatic N) is 2. The molecule has 0 aliphatic rings. The van der Waals surface area contributed by atoms with Crippen molar-refractivity contribution in [3.05, 3.63) is 88.7 Å². The van der Waals surface area contributed by atoms with Crippen LogP contribution in [0, 0.1) is 0 Å². The second-order valence-corrected chi connectivity index (χ2v) is 5.76. The van der Waals surface area contributed by atoms with Gasteiger partial charge in [-0.2, -0.15) is 5.10 Å². The second-order valence-electron chi connectivity index (χ2n) is 4.84. The molecule has 0 atom stereocenters. The molecule has 23 heavy (non-hydrogen) atoms. The third kappa shape index (κ3) is 3.76. The van der Waals surface area contributed by atoms with Gasteiger partial charge in [0.1, 0.15) is 0 Å². The van der Waals surface area contributed by atoms with Crippen LogP contribution in [-0.4, -0.2) is 16.7 Å². The summed E-state index contributed by atoms with van der Waals surface area (Å²) in [6.07, 6.45) is 3.58. The summed E-state index contributed by atoms with van der Waals surface area (Å²) in [4.78, 5) is 12.0. The van der Waals surface area contributed by atoms with Crippen molar-refractivity contribution in [3.8, 4) is 5.69 Å². The Kier molecular flexibility index (Phi) is 4.68. The third-order valence-corrected chi connectivity index (χ3v) is 3.81. The highest BCUT2D eigenvalue weighted by Gasteiger charge is 2.04. The van der Waals surface area contributed by atoms with Crippen LogP contribution in [0.4, 0.5) is 0 Å². The Morgan fingerprint density at radius 1 is 1.00 bits per heavy atom. The summed E-state index contributed by atoms with van der Waals surface area (Å²) in [6, 6.07) is 20.9. The summed E-state index contributed by atoms with van der Waals surface area (Å²) in [5, 5.41) is 4.04. The van der Waals surface area contributed by atoms with E-state index in [9.17, 15) is 4.79 Å². The highest BCUT2D eigenvalue weighted by molar-refractivity contribution is 9.10. The van der Waals surface area contributed by atoms with Gasteiger partial charge in [-0.05, 0) is 48.5 Å². The van der Waals surface area contributed by atoms with Crippen LogP contribution in [-0.2, 0) is 0 Å². The first-order valence-electron chi connectivity index (χ1n) is 7.06. The van der Waals surface area contributed by atoms with Gasteiger partial charge in [-0.25, -0.2) is 5.43 Å². The highest BCUT2D eigenvalue weighted by Crippen LogP contribution is 2.11. The number of hydrogen-bond acceptors (Lipinski definition) is 2. The SMILES string of the molecule is O=C(NN=Cc1cccn1-c1ccccc1)c1ccc(Br)cc1. The minimum Gasteiger partial charge on any atom is -0.316 e. The second kappa shape index (κ2) is 7.07. The van der Waals surface area contributed by atoms with Crippen molar-refractivity contribution >= 4 is 28.1 Å². The number of aromatic nitrogens is 1. The lowest BCUT2D eigenvalue weighted by molar-refractivity contribution is 0.0955. The van der Waals surface area contributed by atoms with Gasteiger partial charge in [0.25, 0.3) is 5.91 Å². The zero-order chi connectivity index (χ0) is 16.1. The van der Waals surface area contributed by atoms with E-state index < -0.39 is 0 Å². The van der Waals surface area contributed by atoms with Crippen LogP contribution in [0.5, 0.6) is 0 Å². The fourth-order valence-electron chi connectivity index (χ4n) is 2.15. The first-order valence-corrected chi connectivity index (χ1v) is 7.85. The molecule has 1 heterocycles. The van der Waals surface area contributed by atoms with E-state index in [1.807, 2.05) is 65.4 Å². The van der Waals surface area contributed by atoms with Crippen molar-refractivity contribution in [1.29, 1.82) is 0 Å². The van der Waals surface area contributed by atoms with E-state index in [0.717, 1.165) is 15.9 Å². The van der Waals surface area contributed by atoms with Crippen molar-refractivity contribution in [2.45, 2.75) is 0 Å². The van der Waals surface area contributed by atoms with E-state index in [0.29, 0.717) is 5.56 Å². The Bertz CT molecular complexity index is 823. The van der Waals surface area contributed by atoms with Crippen molar-refractivity contribution < 1.29 is 4.79 Å². The number of carbonyl (C=O) groups excluding carboxylic acids is 1.